The van der Waals surface area contributed by atoms with Crippen LogP contribution in [0, 0.1) is 0 Å². The summed E-state index contributed by atoms with van der Waals surface area (Å²) >= 11 is 0. The van der Waals surface area contributed by atoms with Crippen molar-refractivity contribution in [2.45, 2.75) is 12.5 Å². The first-order valence-electron chi connectivity index (χ1n) is 6.09. The van der Waals surface area contributed by atoms with Gasteiger partial charge in [0.15, 0.2) is 0 Å². The number of rotatable bonds is 6. The van der Waals surface area contributed by atoms with Gasteiger partial charge in [-0.3, -0.25) is 0 Å². The van der Waals surface area contributed by atoms with E-state index in [2.05, 4.69) is 24.3 Å². The van der Waals surface area contributed by atoms with E-state index >= 15 is 0 Å². The predicted octanol–water partition coefficient (Wildman–Crippen LogP) is 3.59. The molecular weight excluding hydrogens is 224 g/mol. The second kappa shape index (κ2) is 6.94. The van der Waals surface area contributed by atoms with Crippen molar-refractivity contribution in [2.24, 2.45) is 0 Å². The summed E-state index contributed by atoms with van der Waals surface area (Å²) in [5, 5.41) is 0. The van der Waals surface area contributed by atoms with Crippen LogP contribution in [0.1, 0.15) is 17.2 Å². The number of hydrogen-bond acceptors (Lipinski definition) is 2. The molecule has 2 aromatic carbocycles. The molecule has 2 heteroatoms. The Hall–Kier alpha value is -1.64. The van der Waals surface area contributed by atoms with Gasteiger partial charge in [0.05, 0.1) is 6.10 Å². The zero-order valence-electron chi connectivity index (χ0n) is 10.6. The van der Waals surface area contributed by atoms with Crippen LogP contribution in [0.3, 0.4) is 0 Å². The van der Waals surface area contributed by atoms with Crippen LogP contribution >= 0.6 is 0 Å². The van der Waals surface area contributed by atoms with E-state index in [-0.39, 0.29) is 6.10 Å². The van der Waals surface area contributed by atoms with Gasteiger partial charge in [-0.2, -0.15) is 0 Å². The molecule has 0 saturated carbocycles. The summed E-state index contributed by atoms with van der Waals surface area (Å²) in [5.41, 5.74) is 2.45. The Bertz CT molecular complexity index is 439. The summed E-state index contributed by atoms with van der Waals surface area (Å²) in [4.78, 5) is 0. The molecule has 0 aliphatic heterocycles. The summed E-state index contributed by atoms with van der Waals surface area (Å²) in [6.45, 7) is 0.312. The Kier molecular flexibility index (Phi) is 4.94. The van der Waals surface area contributed by atoms with E-state index < -0.39 is 0 Å². The molecule has 0 N–H and O–H groups in total. The maximum Gasteiger partial charge on any atom is 0.147 e. The van der Waals surface area contributed by atoms with Crippen molar-refractivity contribution in [3.05, 3.63) is 71.8 Å². The molecule has 0 aliphatic rings. The molecule has 0 saturated heterocycles. The molecule has 2 rings (SSSR count). The van der Waals surface area contributed by atoms with Crippen LogP contribution in [-0.4, -0.2) is 13.9 Å². The van der Waals surface area contributed by atoms with Gasteiger partial charge in [0.2, 0.25) is 0 Å². The Balaban J connectivity index is 2.10. The van der Waals surface area contributed by atoms with E-state index in [0.717, 1.165) is 6.42 Å². The van der Waals surface area contributed by atoms with Crippen molar-refractivity contribution in [3.8, 4) is 0 Å². The summed E-state index contributed by atoms with van der Waals surface area (Å²) in [6.07, 6.45) is 0.891. The Labute approximate surface area is 108 Å². The van der Waals surface area contributed by atoms with Gasteiger partial charge in [-0.05, 0) is 11.1 Å². The van der Waals surface area contributed by atoms with Gasteiger partial charge in [-0.25, -0.2) is 0 Å². The fraction of sp³-hybridized carbons (Fsp3) is 0.250. The highest BCUT2D eigenvalue weighted by atomic mass is 16.7. The van der Waals surface area contributed by atoms with E-state index in [0.29, 0.717) is 6.79 Å². The molecule has 0 aromatic heterocycles. The molecule has 0 heterocycles. The number of benzene rings is 2. The van der Waals surface area contributed by atoms with Crippen LogP contribution in [0.2, 0.25) is 0 Å². The third kappa shape index (κ3) is 3.69. The zero-order valence-corrected chi connectivity index (χ0v) is 10.6. The Morgan fingerprint density at radius 2 is 1.50 bits per heavy atom. The average molecular weight is 242 g/mol. The number of hydrogen-bond donors (Lipinski definition) is 0. The molecule has 1 unspecified atom stereocenters. The quantitative estimate of drug-likeness (QED) is 0.721. The third-order valence-electron chi connectivity index (χ3n) is 2.82. The summed E-state index contributed by atoms with van der Waals surface area (Å²) in [6, 6.07) is 20.6. The minimum absolute atomic E-state index is 0.0357. The molecule has 2 aromatic rings. The van der Waals surface area contributed by atoms with Gasteiger partial charge in [-0.1, -0.05) is 60.7 Å². The first-order chi connectivity index (χ1) is 8.90. The molecule has 0 radical (unpaired) electrons. The summed E-state index contributed by atoms with van der Waals surface area (Å²) in [5.74, 6) is 0. The minimum atomic E-state index is 0.0357. The number of methoxy groups -OCH3 is 1. The Morgan fingerprint density at radius 1 is 0.889 bits per heavy atom. The Morgan fingerprint density at radius 3 is 2.11 bits per heavy atom. The van der Waals surface area contributed by atoms with Crippen LogP contribution < -0.4 is 0 Å². The van der Waals surface area contributed by atoms with Crippen LogP contribution in [0.15, 0.2) is 60.7 Å². The second-order valence-corrected chi connectivity index (χ2v) is 4.16. The van der Waals surface area contributed by atoms with Crippen molar-refractivity contribution >= 4 is 0 Å². The zero-order chi connectivity index (χ0) is 12.6. The maximum atomic E-state index is 5.76. The second-order valence-electron chi connectivity index (χ2n) is 4.16. The third-order valence-corrected chi connectivity index (χ3v) is 2.82. The normalized spacial score (nSPS) is 12.3. The number of ether oxygens (including phenoxy) is 2. The average Bonchev–Trinajstić information content (AvgIpc) is 2.45. The van der Waals surface area contributed by atoms with E-state index in [1.54, 1.807) is 7.11 Å². The van der Waals surface area contributed by atoms with Gasteiger partial charge >= 0.3 is 0 Å². The lowest BCUT2D eigenvalue weighted by Crippen LogP contribution is -2.09. The molecule has 0 fully saturated rings. The van der Waals surface area contributed by atoms with Gasteiger partial charge in [0.25, 0.3) is 0 Å². The van der Waals surface area contributed by atoms with Crippen molar-refractivity contribution in [1.82, 2.24) is 0 Å². The lowest BCUT2D eigenvalue weighted by molar-refractivity contribution is -0.0729. The maximum absolute atomic E-state index is 5.76. The molecule has 18 heavy (non-hydrogen) atoms. The van der Waals surface area contributed by atoms with Crippen molar-refractivity contribution < 1.29 is 9.47 Å². The summed E-state index contributed by atoms with van der Waals surface area (Å²) in [7, 11) is 1.64. The lowest BCUT2D eigenvalue weighted by Gasteiger charge is -2.18. The molecule has 0 aliphatic carbocycles. The first-order valence-corrected chi connectivity index (χ1v) is 6.09. The highest BCUT2D eigenvalue weighted by Gasteiger charge is 2.12. The van der Waals surface area contributed by atoms with Crippen molar-refractivity contribution in [2.75, 3.05) is 13.9 Å². The van der Waals surface area contributed by atoms with E-state index in [4.69, 9.17) is 9.47 Å². The smallest absolute Gasteiger partial charge is 0.147 e. The largest absolute Gasteiger partial charge is 0.359 e. The predicted molar refractivity (Wildman–Crippen MR) is 72.3 cm³/mol. The van der Waals surface area contributed by atoms with Gasteiger partial charge in [0, 0.05) is 13.5 Å². The first kappa shape index (κ1) is 12.8. The summed E-state index contributed by atoms with van der Waals surface area (Å²) < 4.78 is 10.8. The van der Waals surface area contributed by atoms with Crippen LogP contribution in [0.25, 0.3) is 0 Å². The van der Waals surface area contributed by atoms with Crippen LogP contribution in [0.5, 0.6) is 0 Å². The fourth-order valence-electron chi connectivity index (χ4n) is 1.92. The highest BCUT2D eigenvalue weighted by Crippen LogP contribution is 2.22. The van der Waals surface area contributed by atoms with E-state index in [1.165, 1.54) is 11.1 Å². The molecule has 94 valence electrons. The van der Waals surface area contributed by atoms with Gasteiger partial charge < -0.3 is 9.47 Å². The van der Waals surface area contributed by atoms with Crippen LogP contribution in [0.4, 0.5) is 0 Å². The molecule has 0 amide bonds. The highest BCUT2D eigenvalue weighted by molar-refractivity contribution is 5.22. The SMILES string of the molecule is COCOC(Cc1ccccc1)c1ccccc1. The molecular formula is C16H18O2. The lowest BCUT2D eigenvalue weighted by atomic mass is 10.0. The van der Waals surface area contributed by atoms with E-state index in [9.17, 15) is 0 Å². The standard InChI is InChI=1S/C16H18O2/c1-17-13-18-16(15-10-6-3-7-11-15)12-14-8-4-2-5-9-14/h2-11,16H,12-13H2,1H3. The topological polar surface area (TPSA) is 18.5 Å². The molecule has 1 atom stereocenters. The van der Waals surface area contributed by atoms with Gasteiger partial charge in [-0.15, -0.1) is 0 Å². The molecule has 0 bridgehead atoms. The molecule has 2 nitrogen and oxygen atoms in total. The van der Waals surface area contributed by atoms with E-state index in [1.807, 2.05) is 36.4 Å². The van der Waals surface area contributed by atoms with Gasteiger partial charge in [0.1, 0.15) is 6.79 Å². The van der Waals surface area contributed by atoms with Crippen molar-refractivity contribution in [1.29, 1.82) is 0 Å². The van der Waals surface area contributed by atoms with Crippen molar-refractivity contribution in [3.63, 3.8) is 0 Å². The monoisotopic (exact) mass is 242 g/mol. The fourth-order valence-corrected chi connectivity index (χ4v) is 1.92. The molecule has 0 spiro atoms. The minimum Gasteiger partial charge on any atom is -0.359 e. The van der Waals surface area contributed by atoms with Crippen LogP contribution in [-0.2, 0) is 15.9 Å².